The third-order valence-corrected chi connectivity index (χ3v) is 6.31. The van der Waals surface area contributed by atoms with E-state index in [1.54, 1.807) is 24.3 Å². The number of nitrogens with two attached hydrogens (primary N) is 1. The molecule has 1 aromatic heterocycles. The number of alkyl halides is 6. The zero-order valence-corrected chi connectivity index (χ0v) is 17.6. The Kier molecular flexibility index (Phi) is 5.10. The molecule has 0 spiro atoms. The molecular weight excluding hydrogens is 460 g/mol. The van der Waals surface area contributed by atoms with E-state index in [-0.39, 0.29) is 42.1 Å². The lowest BCUT2D eigenvalue weighted by molar-refractivity contribution is -0.169. The molecule has 3 aromatic rings. The Hall–Kier alpha value is -3.50. The van der Waals surface area contributed by atoms with Crippen molar-refractivity contribution in [1.29, 1.82) is 0 Å². The number of nitrogens with zero attached hydrogens (tertiary/aromatic N) is 3. The third kappa shape index (κ3) is 3.59. The van der Waals surface area contributed by atoms with E-state index in [1.807, 2.05) is 0 Å². The van der Waals surface area contributed by atoms with Gasteiger partial charge < -0.3 is 10.6 Å². The molecule has 0 bridgehead atoms. The van der Waals surface area contributed by atoms with Gasteiger partial charge in [0.05, 0.1) is 23.0 Å². The quantitative estimate of drug-likeness (QED) is 0.460. The lowest BCUT2D eigenvalue weighted by atomic mass is 9.78. The minimum atomic E-state index is -4.71. The Bertz CT molecular complexity index is 1300. The van der Waals surface area contributed by atoms with Crippen molar-refractivity contribution in [2.24, 2.45) is 16.6 Å². The summed E-state index contributed by atoms with van der Waals surface area (Å²) in [5, 5.41) is 7.65. The minimum absolute atomic E-state index is 0.126. The average Bonchev–Trinajstić information content (AvgIpc) is 3.21. The van der Waals surface area contributed by atoms with Crippen molar-refractivity contribution in [2.75, 3.05) is 4.90 Å². The van der Waals surface area contributed by atoms with Crippen molar-refractivity contribution in [2.45, 2.75) is 37.7 Å². The monoisotopic (exact) mass is 479 g/mol. The summed E-state index contributed by atoms with van der Waals surface area (Å²) in [6, 6.07) is 10.8. The van der Waals surface area contributed by atoms with Gasteiger partial charge in [-0.2, -0.15) is 31.4 Å². The Balaban J connectivity index is 1.79. The second kappa shape index (κ2) is 7.78. The summed E-state index contributed by atoms with van der Waals surface area (Å²) in [6.45, 7) is 0. The first-order chi connectivity index (χ1) is 16.1. The maximum absolute atomic E-state index is 13.9. The number of fused-ring (bicyclic) bond motifs is 2. The van der Waals surface area contributed by atoms with Crippen LogP contribution >= 0.6 is 0 Å². The van der Waals surface area contributed by atoms with Crippen molar-refractivity contribution >= 4 is 22.6 Å². The first-order valence-corrected chi connectivity index (χ1v) is 10.6. The molecule has 0 radical (unpaired) electrons. The number of rotatable bonds is 2. The molecule has 5 nitrogen and oxygen atoms in total. The van der Waals surface area contributed by atoms with Gasteiger partial charge in [0, 0.05) is 16.5 Å². The number of halogens is 6. The van der Waals surface area contributed by atoms with Gasteiger partial charge in [0.15, 0.2) is 5.82 Å². The first-order valence-electron chi connectivity index (χ1n) is 10.6. The fourth-order valence-electron chi connectivity index (χ4n) is 4.89. The average molecular weight is 479 g/mol. The number of aromatic nitrogens is 2. The normalized spacial score (nSPS) is 21.6. The zero-order chi connectivity index (χ0) is 24.3. The lowest BCUT2D eigenvalue weighted by Gasteiger charge is -2.43. The second-order valence-corrected chi connectivity index (χ2v) is 8.32. The van der Waals surface area contributed by atoms with Crippen molar-refractivity contribution < 1.29 is 26.3 Å². The fraction of sp³-hybridized carbons (Fsp3) is 0.304. The van der Waals surface area contributed by atoms with Crippen LogP contribution in [0, 0.1) is 5.92 Å². The van der Waals surface area contributed by atoms with Gasteiger partial charge in [-0.1, -0.05) is 36.8 Å². The predicted octanol–water partition coefficient (Wildman–Crippen LogP) is 5.75. The van der Waals surface area contributed by atoms with Crippen molar-refractivity contribution in [1.82, 2.24) is 10.2 Å². The number of para-hydroxylation sites is 1. The zero-order valence-electron chi connectivity index (χ0n) is 17.6. The highest BCUT2D eigenvalue weighted by atomic mass is 19.4. The summed E-state index contributed by atoms with van der Waals surface area (Å²) in [5.74, 6) is -2.21. The highest BCUT2D eigenvalue weighted by Gasteiger charge is 2.51. The second-order valence-electron chi connectivity index (χ2n) is 8.32. The van der Waals surface area contributed by atoms with Crippen LogP contribution in [0.15, 0.2) is 64.9 Å². The smallest absolute Gasteiger partial charge is 0.384 e. The molecule has 1 saturated carbocycles. The fourth-order valence-corrected chi connectivity index (χ4v) is 4.89. The predicted molar refractivity (Wildman–Crippen MR) is 115 cm³/mol. The molecule has 34 heavy (non-hydrogen) atoms. The van der Waals surface area contributed by atoms with E-state index in [1.165, 1.54) is 23.1 Å². The van der Waals surface area contributed by atoms with Gasteiger partial charge in [0.25, 0.3) is 0 Å². The Morgan fingerprint density at radius 2 is 1.65 bits per heavy atom. The number of anilines is 1. The number of hydrogen-bond acceptors (Lipinski definition) is 4. The van der Waals surface area contributed by atoms with Gasteiger partial charge in [-0.3, -0.25) is 5.10 Å². The summed E-state index contributed by atoms with van der Waals surface area (Å²) in [6.07, 6.45) is -8.95. The van der Waals surface area contributed by atoms with Crippen LogP contribution in [0.4, 0.5) is 32.2 Å². The maximum atomic E-state index is 13.9. The van der Waals surface area contributed by atoms with Gasteiger partial charge in [0.1, 0.15) is 11.7 Å². The van der Waals surface area contributed by atoms with E-state index in [9.17, 15) is 26.3 Å². The molecule has 2 aliphatic rings. The topological polar surface area (TPSA) is 70.3 Å². The van der Waals surface area contributed by atoms with Crippen LogP contribution in [0.5, 0.6) is 0 Å². The van der Waals surface area contributed by atoms with Gasteiger partial charge >= 0.3 is 12.4 Å². The molecule has 1 aliphatic carbocycles. The Morgan fingerprint density at radius 1 is 0.941 bits per heavy atom. The van der Waals surface area contributed by atoms with E-state index >= 15 is 0 Å². The summed E-state index contributed by atoms with van der Waals surface area (Å²) in [5.41, 5.74) is 5.27. The highest BCUT2D eigenvalue weighted by Crippen LogP contribution is 2.47. The maximum Gasteiger partial charge on any atom is 0.417 e. The van der Waals surface area contributed by atoms with Gasteiger partial charge in [0.2, 0.25) is 0 Å². The van der Waals surface area contributed by atoms with E-state index in [2.05, 4.69) is 15.2 Å². The molecule has 2 aromatic carbocycles. The van der Waals surface area contributed by atoms with E-state index in [4.69, 9.17) is 5.73 Å². The van der Waals surface area contributed by atoms with Crippen LogP contribution in [0.25, 0.3) is 10.9 Å². The SMILES string of the molecule is NC1=C2C(CCCC2C(F)(F)F)N(c2n[nH]c3ccccc23)C(c2ccccc2C(F)(F)F)=N1. The van der Waals surface area contributed by atoms with Crippen LogP contribution in [-0.4, -0.2) is 28.3 Å². The van der Waals surface area contributed by atoms with Crippen LogP contribution in [0.1, 0.15) is 30.4 Å². The molecule has 2 atom stereocenters. The van der Waals surface area contributed by atoms with Crippen molar-refractivity contribution in [3.8, 4) is 0 Å². The Morgan fingerprint density at radius 3 is 2.38 bits per heavy atom. The van der Waals surface area contributed by atoms with Crippen LogP contribution in [0.2, 0.25) is 0 Å². The van der Waals surface area contributed by atoms with Crippen LogP contribution < -0.4 is 10.6 Å². The molecule has 0 saturated heterocycles. The summed E-state index contributed by atoms with van der Waals surface area (Å²) >= 11 is 0. The molecule has 1 aliphatic heterocycles. The standard InChI is InChI=1S/C23H19F6N5/c24-22(25,26)14-8-3-1-6-12(14)20-31-19(30)18-15(23(27,28)29)9-5-11-17(18)34(20)21-13-7-2-4-10-16(13)32-33-21/h1-4,6-8,10,15,17H,5,9,11,30H2,(H,32,33). The Labute approximate surface area is 190 Å². The van der Waals surface area contributed by atoms with Gasteiger partial charge in [-0.25, -0.2) is 4.99 Å². The number of benzene rings is 2. The molecule has 2 heterocycles. The van der Waals surface area contributed by atoms with E-state index < -0.39 is 35.7 Å². The lowest BCUT2D eigenvalue weighted by Crippen LogP contribution is -2.51. The number of aromatic amines is 1. The molecule has 2 unspecified atom stereocenters. The first kappa shape index (κ1) is 22.3. The number of aliphatic imine (C=N–C) groups is 1. The minimum Gasteiger partial charge on any atom is -0.384 e. The van der Waals surface area contributed by atoms with Gasteiger partial charge in [-0.05, 0) is 31.0 Å². The molecule has 178 valence electrons. The van der Waals surface area contributed by atoms with Crippen molar-refractivity contribution in [3.63, 3.8) is 0 Å². The number of hydrogen-bond donors (Lipinski definition) is 2. The molecule has 5 rings (SSSR count). The summed E-state index contributed by atoms with van der Waals surface area (Å²) in [7, 11) is 0. The number of amidine groups is 1. The molecule has 3 N–H and O–H groups in total. The summed E-state index contributed by atoms with van der Waals surface area (Å²) < 4.78 is 83.4. The number of nitrogens with one attached hydrogen (secondary N) is 1. The largest absolute Gasteiger partial charge is 0.417 e. The van der Waals surface area contributed by atoms with E-state index in [0.717, 1.165) is 6.07 Å². The van der Waals surface area contributed by atoms with Crippen LogP contribution in [0.3, 0.4) is 0 Å². The highest BCUT2D eigenvalue weighted by molar-refractivity contribution is 6.15. The third-order valence-electron chi connectivity index (χ3n) is 6.31. The summed E-state index contributed by atoms with van der Waals surface area (Å²) in [4.78, 5) is 5.55. The molecular formula is C23H19F6N5. The van der Waals surface area contributed by atoms with Crippen molar-refractivity contribution in [3.05, 3.63) is 71.1 Å². The van der Waals surface area contributed by atoms with Crippen LogP contribution in [-0.2, 0) is 6.18 Å². The van der Waals surface area contributed by atoms with E-state index in [0.29, 0.717) is 10.9 Å². The molecule has 1 fully saturated rings. The molecule has 0 amide bonds. The van der Waals surface area contributed by atoms with Gasteiger partial charge in [-0.15, -0.1) is 0 Å². The number of H-pyrrole nitrogens is 1. The molecule has 11 heteroatoms.